The van der Waals surface area contributed by atoms with Gasteiger partial charge in [0.15, 0.2) is 5.15 Å². The normalized spacial score (nSPS) is 9.71. The lowest BCUT2D eigenvalue weighted by Gasteiger charge is -1.88. The third-order valence-corrected chi connectivity index (χ3v) is 1.95. The zero-order chi connectivity index (χ0) is 10.7. The van der Waals surface area contributed by atoms with Crippen LogP contribution in [0.2, 0.25) is 5.15 Å². The van der Waals surface area contributed by atoms with E-state index in [-0.39, 0.29) is 5.56 Å². The van der Waals surface area contributed by atoms with Crippen molar-refractivity contribution >= 4 is 22.5 Å². The highest BCUT2D eigenvalue weighted by Crippen LogP contribution is 2.17. The van der Waals surface area contributed by atoms with Crippen molar-refractivity contribution < 1.29 is 0 Å². The van der Waals surface area contributed by atoms with Gasteiger partial charge in [-0.1, -0.05) is 25.4 Å². The number of rotatable bonds is 0. The van der Waals surface area contributed by atoms with Crippen molar-refractivity contribution in [1.82, 2.24) is 15.2 Å². The van der Waals surface area contributed by atoms with Crippen LogP contribution in [0.3, 0.4) is 0 Å². The molecule has 0 saturated heterocycles. The molecule has 4 nitrogen and oxygen atoms in total. The summed E-state index contributed by atoms with van der Waals surface area (Å²) < 4.78 is 0. The molecule has 0 fully saturated rings. The lowest BCUT2D eigenvalue weighted by atomic mass is 10.3. The number of aromatic amines is 2. The molecular weight excluding hydrogens is 202 g/mol. The highest BCUT2D eigenvalue weighted by atomic mass is 35.5. The van der Waals surface area contributed by atoms with E-state index in [1.54, 1.807) is 6.07 Å². The van der Waals surface area contributed by atoms with Gasteiger partial charge < -0.3 is 4.98 Å². The van der Waals surface area contributed by atoms with Gasteiger partial charge in [0.1, 0.15) is 5.52 Å². The summed E-state index contributed by atoms with van der Waals surface area (Å²) in [6, 6.07) is 1.79. The van der Waals surface area contributed by atoms with Gasteiger partial charge in [-0.3, -0.25) is 4.79 Å². The van der Waals surface area contributed by atoms with Gasteiger partial charge in [-0.05, 0) is 13.0 Å². The van der Waals surface area contributed by atoms with Crippen LogP contribution in [0.5, 0.6) is 0 Å². The van der Waals surface area contributed by atoms with E-state index in [9.17, 15) is 4.79 Å². The van der Waals surface area contributed by atoms with Gasteiger partial charge in [0, 0.05) is 11.1 Å². The number of nitrogens with zero attached hydrogens (tertiary/aromatic N) is 1. The number of fused-ring (bicyclic) bond motifs is 1. The number of H-pyrrole nitrogens is 2. The standard InChI is InChI=1S/C7H6ClN3O.C2H6/c1-3-2-4-5(9-3)7(12)11-10-6(4)8;1-2/h2,9H,1H3,(H,11,12);1-2H3. The summed E-state index contributed by atoms with van der Waals surface area (Å²) in [6.07, 6.45) is 0. The third kappa shape index (κ3) is 1.80. The fourth-order valence-electron chi connectivity index (χ4n) is 1.15. The van der Waals surface area contributed by atoms with Gasteiger partial charge in [0.05, 0.1) is 0 Å². The molecule has 2 heterocycles. The molecule has 0 aliphatic carbocycles. The molecule has 0 aromatic carbocycles. The molecule has 2 aromatic heterocycles. The van der Waals surface area contributed by atoms with E-state index >= 15 is 0 Å². The summed E-state index contributed by atoms with van der Waals surface area (Å²) in [6.45, 7) is 5.86. The van der Waals surface area contributed by atoms with Crippen molar-refractivity contribution in [2.75, 3.05) is 0 Å². The fraction of sp³-hybridized carbons (Fsp3) is 0.333. The van der Waals surface area contributed by atoms with Crippen LogP contribution in [0.25, 0.3) is 10.9 Å². The van der Waals surface area contributed by atoms with Gasteiger partial charge in [0.25, 0.3) is 5.56 Å². The van der Waals surface area contributed by atoms with Crippen LogP contribution >= 0.6 is 11.6 Å². The Morgan fingerprint density at radius 2 is 2.07 bits per heavy atom. The quantitative estimate of drug-likeness (QED) is 0.705. The molecule has 5 heteroatoms. The number of hydrogen-bond acceptors (Lipinski definition) is 2. The third-order valence-electron chi connectivity index (χ3n) is 1.66. The molecule has 0 radical (unpaired) electrons. The first kappa shape index (κ1) is 10.8. The number of aromatic nitrogens is 3. The predicted molar refractivity (Wildman–Crippen MR) is 57.8 cm³/mol. The minimum absolute atomic E-state index is 0.248. The Morgan fingerprint density at radius 3 is 2.64 bits per heavy atom. The van der Waals surface area contributed by atoms with Crippen molar-refractivity contribution in [3.63, 3.8) is 0 Å². The zero-order valence-electron chi connectivity index (χ0n) is 8.31. The first-order valence-electron chi connectivity index (χ1n) is 4.42. The lowest BCUT2D eigenvalue weighted by Crippen LogP contribution is -2.07. The molecule has 2 N–H and O–H groups in total. The predicted octanol–water partition coefficient (Wildman–Crippen LogP) is 2.24. The van der Waals surface area contributed by atoms with Crippen LogP contribution in [0.15, 0.2) is 10.9 Å². The summed E-state index contributed by atoms with van der Waals surface area (Å²) in [5, 5.41) is 6.89. The first-order valence-corrected chi connectivity index (χ1v) is 4.80. The summed E-state index contributed by atoms with van der Waals surface area (Å²) in [5.74, 6) is 0. The minimum atomic E-state index is -0.248. The molecule has 76 valence electrons. The maximum absolute atomic E-state index is 11.1. The van der Waals surface area contributed by atoms with Gasteiger partial charge in [-0.15, -0.1) is 0 Å². The topological polar surface area (TPSA) is 61.5 Å². The van der Waals surface area contributed by atoms with Crippen molar-refractivity contribution in [2.45, 2.75) is 20.8 Å². The van der Waals surface area contributed by atoms with E-state index < -0.39 is 0 Å². The molecule has 0 bridgehead atoms. The Hall–Kier alpha value is -1.29. The number of halogens is 1. The van der Waals surface area contributed by atoms with E-state index in [0.717, 1.165) is 5.69 Å². The minimum Gasteiger partial charge on any atom is -0.354 e. The lowest BCUT2D eigenvalue weighted by molar-refractivity contribution is 1.01. The fourth-order valence-corrected chi connectivity index (χ4v) is 1.34. The molecule has 0 aliphatic heterocycles. The van der Waals surface area contributed by atoms with E-state index in [1.165, 1.54) is 0 Å². The molecule has 0 unspecified atom stereocenters. The average Bonchev–Trinajstić information content (AvgIpc) is 2.58. The summed E-state index contributed by atoms with van der Waals surface area (Å²) in [4.78, 5) is 14.0. The Morgan fingerprint density at radius 1 is 1.43 bits per heavy atom. The molecule has 0 spiro atoms. The van der Waals surface area contributed by atoms with Crippen molar-refractivity contribution in [3.05, 3.63) is 27.3 Å². The SMILES string of the molecule is CC.Cc1cc2c(Cl)n[nH]c(=O)c2[nH]1. The summed E-state index contributed by atoms with van der Waals surface area (Å²) in [7, 11) is 0. The van der Waals surface area contributed by atoms with Gasteiger partial charge in [-0.2, -0.15) is 5.10 Å². The smallest absolute Gasteiger partial charge is 0.288 e. The van der Waals surface area contributed by atoms with Crippen LogP contribution in [0.1, 0.15) is 19.5 Å². The Labute approximate surface area is 86.3 Å². The highest BCUT2D eigenvalue weighted by Gasteiger charge is 2.05. The van der Waals surface area contributed by atoms with Crippen molar-refractivity contribution in [2.24, 2.45) is 0 Å². The van der Waals surface area contributed by atoms with E-state index in [1.807, 2.05) is 20.8 Å². The van der Waals surface area contributed by atoms with Crippen LogP contribution in [0, 0.1) is 6.92 Å². The molecule has 2 aromatic rings. The van der Waals surface area contributed by atoms with Crippen molar-refractivity contribution in [3.8, 4) is 0 Å². The van der Waals surface area contributed by atoms with Gasteiger partial charge >= 0.3 is 0 Å². The van der Waals surface area contributed by atoms with E-state index in [0.29, 0.717) is 16.1 Å². The Bertz CT molecular complexity index is 486. The number of aryl methyl sites for hydroxylation is 1. The second-order valence-electron chi connectivity index (χ2n) is 2.58. The largest absolute Gasteiger partial charge is 0.354 e. The monoisotopic (exact) mass is 213 g/mol. The second-order valence-corrected chi connectivity index (χ2v) is 2.94. The van der Waals surface area contributed by atoms with Crippen LogP contribution < -0.4 is 5.56 Å². The average molecular weight is 214 g/mol. The molecule has 14 heavy (non-hydrogen) atoms. The van der Waals surface area contributed by atoms with Gasteiger partial charge in [-0.25, -0.2) is 5.10 Å². The highest BCUT2D eigenvalue weighted by molar-refractivity contribution is 6.34. The molecular formula is C9H12ClN3O. The van der Waals surface area contributed by atoms with Crippen molar-refractivity contribution in [1.29, 1.82) is 0 Å². The van der Waals surface area contributed by atoms with Crippen LogP contribution in [-0.4, -0.2) is 15.2 Å². The zero-order valence-corrected chi connectivity index (χ0v) is 9.07. The summed E-state index contributed by atoms with van der Waals surface area (Å²) in [5.41, 5.74) is 1.13. The summed E-state index contributed by atoms with van der Waals surface area (Å²) >= 11 is 5.74. The van der Waals surface area contributed by atoms with Crippen LogP contribution in [0.4, 0.5) is 0 Å². The molecule has 0 aliphatic rings. The number of hydrogen-bond donors (Lipinski definition) is 2. The molecule has 2 rings (SSSR count). The van der Waals surface area contributed by atoms with E-state index in [4.69, 9.17) is 11.6 Å². The maximum atomic E-state index is 11.1. The van der Waals surface area contributed by atoms with Gasteiger partial charge in [0.2, 0.25) is 0 Å². The molecule has 0 amide bonds. The molecule has 0 atom stereocenters. The van der Waals surface area contributed by atoms with Crippen LogP contribution in [-0.2, 0) is 0 Å². The Balaban J connectivity index is 0.000000461. The number of nitrogens with one attached hydrogen (secondary N) is 2. The first-order chi connectivity index (χ1) is 6.68. The molecule has 0 saturated carbocycles. The Kier molecular flexibility index (Phi) is 3.30. The van der Waals surface area contributed by atoms with E-state index in [2.05, 4.69) is 15.2 Å². The maximum Gasteiger partial charge on any atom is 0.288 e. The second kappa shape index (κ2) is 4.28.